The van der Waals surface area contributed by atoms with Crippen molar-refractivity contribution >= 4 is 34.5 Å². The molecule has 5 nitrogen and oxygen atoms in total. The summed E-state index contributed by atoms with van der Waals surface area (Å²) >= 11 is 2.04. The molecule has 0 aliphatic carbocycles. The van der Waals surface area contributed by atoms with E-state index in [9.17, 15) is 14.7 Å². The van der Waals surface area contributed by atoms with Crippen LogP contribution >= 0.6 is 22.6 Å². The van der Waals surface area contributed by atoms with Gasteiger partial charge in [0.25, 0.3) is 5.91 Å². The van der Waals surface area contributed by atoms with Gasteiger partial charge in [0.05, 0.1) is 5.56 Å². The number of nitrogens with zero attached hydrogens (tertiary/aromatic N) is 1. The molecule has 0 spiro atoms. The number of aliphatic carboxylic acids is 1. The van der Waals surface area contributed by atoms with Gasteiger partial charge in [-0.2, -0.15) is 0 Å². The minimum Gasteiger partial charge on any atom is -0.507 e. The second kappa shape index (κ2) is 5.13. The monoisotopic (exact) mass is 361 g/mol. The summed E-state index contributed by atoms with van der Waals surface area (Å²) in [5.41, 5.74) is 0.162. The van der Waals surface area contributed by atoms with Gasteiger partial charge in [0.1, 0.15) is 11.8 Å². The van der Waals surface area contributed by atoms with Crippen LogP contribution in [0.4, 0.5) is 0 Å². The number of hydrogen-bond donors (Lipinski definition) is 2. The zero-order valence-electron chi connectivity index (χ0n) is 9.47. The normalized spacial score (nSPS) is 18.9. The van der Waals surface area contributed by atoms with Crippen LogP contribution in [0.2, 0.25) is 0 Å². The fourth-order valence-corrected chi connectivity index (χ4v) is 2.59. The Labute approximate surface area is 118 Å². The molecule has 0 radical (unpaired) electrons. The van der Waals surface area contributed by atoms with Crippen LogP contribution in [0, 0.1) is 3.57 Å². The van der Waals surface area contributed by atoms with Gasteiger partial charge in [0.15, 0.2) is 0 Å². The number of phenols is 1. The number of benzene rings is 1. The highest BCUT2D eigenvalue weighted by Crippen LogP contribution is 2.25. The number of carboxylic acid groups (broad SMARTS) is 1. The second-order valence-corrected chi connectivity index (χ2v) is 5.40. The molecule has 1 aromatic rings. The first-order valence-corrected chi connectivity index (χ1v) is 6.61. The van der Waals surface area contributed by atoms with E-state index in [0.717, 1.165) is 3.57 Å². The second-order valence-electron chi connectivity index (χ2n) is 4.16. The highest BCUT2D eigenvalue weighted by Gasteiger charge is 2.35. The summed E-state index contributed by atoms with van der Waals surface area (Å²) < 4.78 is 0.819. The predicted molar refractivity (Wildman–Crippen MR) is 72.5 cm³/mol. The molecule has 0 unspecified atom stereocenters. The Hall–Kier alpha value is -1.31. The number of rotatable bonds is 2. The van der Waals surface area contributed by atoms with Gasteiger partial charge in [-0.25, -0.2) is 4.79 Å². The topological polar surface area (TPSA) is 77.8 Å². The third-order valence-electron chi connectivity index (χ3n) is 2.99. The number of carbonyl (C=O) groups excluding carboxylic acids is 1. The fourth-order valence-electron chi connectivity index (χ4n) is 2.10. The van der Waals surface area contributed by atoms with E-state index in [1.165, 1.54) is 11.0 Å². The predicted octanol–water partition coefficient (Wildman–Crippen LogP) is 1.69. The Morgan fingerprint density at radius 2 is 2.11 bits per heavy atom. The summed E-state index contributed by atoms with van der Waals surface area (Å²) in [6.45, 7) is 0.417. The molecule has 1 amide bonds. The summed E-state index contributed by atoms with van der Waals surface area (Å²) in [5, 5.41) is 18.7. The summed E-state index contributed by atoms with van der Waals surface area (Å²) in [6, 6.07) is 3.91. The summed E-state index contributed by atoms with van der Waals surface area (Å²) in [5.74, 6) is -1.53. The van der Waals surface area contributed by atoms with Gasteiger partial charge in [-0.1, -0.05) is 0 Å². The molecule has 1 fully saturated rings. The first-order chi connectivity index (χ1) is 8.50. The van der Waals surface area contributed by atoms with Gasteiger partial charge in [-0.05, 0) is 53.6 Å². The number of likely N-dealkylation sites (tertiary alicyclic amines) is 1. The lowest BCUT2D eigenvalue weighted by atomic mass is 10.1. The minimum absolute atomic E-state index is 0.114. The first kappa shape index (κ1) is 13.1. The van der Waals surface area contributed by atoms with Crippen molar-refractivity contribution in [2.45, 2.75) is 18.9 Å². The van der Waals surface area contributed by atoms with Crippen LogP contribution in [0.5, 0.6) is 5.75 Å². The van der Waals surface area contributed by atoms with Crippen LogP contribution < -0.4 is 0 Å². The number of amides is 1. The molecule has 1 aliphatic rings. The number of halogens is 1. The van der Waals surface area contributed by atoms with Crippen LogP contribution in [0.1, 0.15) is 23.2 Å². The van der Waals surface area contributed by atoms with Gasteiger partial charge >= 0.3 is 5.97 Å². The molecule has 0 saturated carbocycles. The number of hydrogen-bond acceptors (Lipinski definition) is 3. The average Bonchev–Trinajstić information content (AvgIpc) is 2.80. The van der Waals surface area contributed by atoms with Gasteiger partial charge in [0.2, 0.25) is 0 Å². The Balaban J connectivity index is 2.31. The molecular formula is C12H12INO4. The lowest BCUT2D eigenvalue weighted by Crippen LogP contribution is -2.40. The molecule has 1 aliphatic heterocycles. The van der Waals surface area contributed by atoms with Gasteiger partial charge in [-0.3, -0.25) is 4.79 Å². The van der Waals surface area contributed by atoms with Crippen molar-refractivity contribution < 1.29 is 19.8 Å². The summed E-state index contributed by atoms with van der Waals surface area (Å²) in [6.07, 6.45) is 1.14. The van der Waals surface area contributed by atoms with Crippen LogP contribution in [0.3, 0.4) is 0 Å². The molecule has 1 atom stereocenters. The number of carbonyl (C=O) groups is 2. The molecular weight excluding hydrogens is 349 g/mol. The maximum atomic E-state index is 12.2. The lowest BCUT2D eigenvalue weighted by Gasteiger charge is -2.21. The third kappa shape index (κ3) is 2.43. The molecule has 6 heteroatoms. The van der Waals surface area contributed by atoms with Crippen LogP contribution in [-0.4, -0.2) is 39.6 Å². The van der Waals surface area contributed by atoms with Gasteiger partial charge in [-0.15, -0.1) is 0 Å². The molecule has 0 aromatic heterocycles. The van der Waals surface area contributed by atoms with Crippen molar-refractivity contribution in [1.82, 2.24) is 4.90 Å². The van der Waals surface area contributed by atoms with E-state index in [1.807, 2.05) is 22.6 Å². The van der Waals surface area contributed by atoms with E-state index in [1.54, 1.807) is 12.1 Å². The van der Waals surface area contributed by atoms with E-state index in [-0.39, 0.29) is 11.3 Å². The lowest BCUT2D eigenvalue weighted by molar-refractivity contribution is -0.141. The molecule has 1 heterocycles. The van der Waals surface area contributed by atoms with Crippen molar-refractivity contribution in [1.29, 1.82) is 0 Å². The number of aromatic hydroxyl groups is 1. The molecule has 0 bridgehead atoms. The zero-order valence-corrected chi connectivity index (χ0v) is 11.6. The van der Waals surface area contributed by atoms with E-state index in [2.05, 4.69) is 0 Å². The highest BCUT2D eigenvalue weighted by molar-refractivity contribution is 14.1. The van der Waals surface area contributed by atoms with Crippen molar-refractivity contribution in [3.8, 4) is 5.75 Å². The molecule has 2 rings (SSSR count). The molecule has 1 aromatic carbocycles. The van der Waals surface area contributed by atoms with Crippen LogP contribution in [0.25, 0.3) is 0 Å². The molecule has 18 heavy (non-hydrogen) atoms. The summed E-state index contributed by atoms with van der Waals surface area (Å²) in [4.78, 5) is 24.6. The van der Waals surface area contributed by atoms with Gasteiger partial charge < -0.3 is 15.1 Å². The SMILES string of the molecule is O=C(O)[C@@H]1CCCN1C(=O)c1cc(I)ccc1O. The first-order valence-electron chi connectivity index (χ1n) is 5.53. The average molecular weight is 361 g/mol. The van der Waals surface area contributed by atoms with Crippen LogP contribution in [-0.2, 0) is 4.79 Å². The fraction of sp³-hybridized carbons (Fsp3) is 0.333. The van der Waals surface area contributed by atoms with E-state index >= 15 is 0 Å². The molecule has 1 saturated heterocycles. The summed E-state index contributed by atoms with van der Waals surface area (Å²) in [7, 11) is 0. The third-order valence-corrected chi connectivity index (χ3v) is 3.66. The maximum absolute atomic E-state index is 12.2. The molecule has 2 N–H and O–H groups in total. The van der Waals surface area contributed by atoms with Gasteiger partial charge in [0, 0.05) is 10.1 Å². The quantitative estimate of drug-likeness (QED) is 0.786. The highest BCUT2D eigenvalue weighted by atomic mass is 127. The Morgan fingerprint density at radius 1 is 1.39 bits per heavy atom. The number of carboxylic acids is 1. The Kier molecular flexibility index (Phi) is 3.74. The maximum Gasteiger partial charge on any atom is 0.326 e. The van der Waals surface area contributed by atoms with E-state index in [4.69, 9.17) is 5.11 Å². The van der Waals surface area contributed by atoms with E-state index < -0.39 is 17.9 Å². The standard InChI is InChI=1S/C12H12INO4/c13-7-3-4-10(15)8(6-7)11(16)14-5-1-2-9(14)12(17)18/h3-4,6,9,15H,1-2,5H2,(H,17,18)/t9-/m0/s1. The molecule has 96 valence electrons. The van der Waals surface area contributed by atoms with Crippen molar-refractivity contribution in [3.05, 3.63) is 27.3 Å². The minimum atomic E-state index is -0.994. The zero-order chi connectivity index (χ0) is 13.3. The van der Waals surface area contributed by atoms with E-state index in [0.29, 0.717) is 19.4 Å². The van der Waals surface area contributed by atoms with Crippen LogP contribution in [0.15, 0.2) is 18.2 Å². The largest absolute Gasteiger partial charge is 0.507 e. The van der Waals surface area contributed by atoms with Crippen molar-refractivity contribution in [2.75, 3.05) is 6.54 Å². The van der Waals surface area contributed by atoms with Crippen molar-refractivity contribution in [2.24, 2.45) is 0 Å². The van der Waals surface area contributed by atoms with Crippen molar-refractivity contribution in [3.63, 3.8) is 0 Å². The Bertz CT molecular complexity index is 503. The Morgan fingerprint density at radius 3 is 2.78 bits per heavy atom. The number of phenolic OH excluding ortho intramolecular Hbond substituents is 1. The smallest absolute Gasteiger partial charge is 0.326 e.